The lowest BCUT2D eigenvalue weighted by molar-refractivity contribution is -0.149. The third kappa shape index (κ3) is 19.3. The van der Waals surface area contributed by atoms with Gasteiger partial charge < -0.3 is 4.74 Å². The van der Waals surface area contributed by atoms with Gasteiger partial charge in [0, 0.05) is 6.42 Å². The summed E-state index contributed by atoms with van der Waals surface area (Å²) in [5.41, 5.74) is 0. The molecule has 0 aliphatic rings. The van der Waals surface area contributed by atoms with Crippen LogP contribution in [0, 0.1) is 5.92 Å². The highest BCUT2D eigenvalue weighted by molar-refractivity contribution is 5.98. The minimum absolute atomic E-state index is 0.0783. The predicted molar refractivity (Wildman–Crippen MR) is 138 cm³/mol. The Labute approximate surface area is 199 Å². The molecular formula is C29H52O3. The lowest BCUT2D eigenvalue weighted by Gasteiger charge is -2.13. The van der Waals surface area contributed by atoms with Gasteiger partial charge in [0.2, 0.25) is 0 Å². The first-order valence-electron chi connectivity index (χ1n) is 13.6. The summed E-state index contributed by atoms with van der Waals surface area (Å²) >= 11 is 0. The lowest BCUT2D eigenvalue weighted by Crippen LogP contribution is -2.25. The van der Waals surface area contributed by atoms with Gasteiger partial charge >= 0.3 is 5.97 Å². The summed E-state index contributed by atoms with van der Waals surface area (Å²) in [5.74, 6) is -0.819. The van der Waals surface area contributed by atoms with E-state index in [1.165, 1.54) is 77.7 Å². The normalized spacial score (nSPS) is 12.6. The smallest absolute Gasteiger partial charge is 0.316 e. The van der Waals surface area contributed by atoms with Crippen LogP contribution in [-0.4, -0.2) is 18.9 Å². The van der Waals surface area contributed by atoms with E-state index in [-0.39, 0.29) is 11.8 Å². The van der Waals surface area contributed by atoms with E-state index in [0.717, 1.165) is 38.5 Å². The summed E-state index contributed by atoms with van der Waals surface area (Å²) in [6.07, 6.45) is 30.1. The van der Waals surface area contributed by atoms with Gasteiger partial charge in [-0.05, 0) is 51.4 Å². The standard InChI is InChI=1S/C29H52O3/c1-4-6-8-10-12-14-16-18-20-22-24-26-28(30)27(29(31)32-3)25-23-21-19-17-15-13-11-9-7-5-2/h10-13,27H,4-9,14-26H2,1-3H3/b12-10-,13-11-. The van der Waals surface area contributed by atoms with Crippen molar-refractivity contribution in [1.82, 2.24) is 0 Å². The van der Waals surface area contributed by atoms with Gasteiger partial charge in [-0.2, -0.15) is 0 Å². The monoisotopic (exact) mass is 448 g/mol. The molecule has 0 aromatic rings. The largest absolute Gasteiger partial charge is 0.468 e. The second kappa shape index (κ2) is 24.3. The SMILES string of the molecule is CCCC/C=C\CCCCCCCC(=O)C(CCCCCC/C=C\CCCC)C(=O)OC. The van der Waals surface area contributed by atoms with Gasteiger partial charge in [-0.25, -0.2) is 0 Å². The topological polar surface area (TPSA) is 43.4 Å². The van der Waals surface area contributed by atoms with Crippen molar-refractivity contribution < 1.29 is 14.3 Å². The van der Waals surface area contributed by atoms with Crippen LogP contribution in [0.1, 0.15) is 136 Å². The van der Waals surface area contributed by atoms with Crippen LogP contribution >= 0.6 is 0 Å². The molecule has 0 aromatic carbocycles. The number of ketones is 1. The molecule has 0 aliphatic heterocycles. The van der Waals surface area contributed by atoms with E-state index in [4.69, 9.17) is 4.74 Å². The molecule has 0 rings (SSSR count). The minimum atomic E-state index is -0.554. The van der Waals surface area contributed by atoms with Gasteiger partial charge in [-0.15, -0.1) is 0 Å². The molecule has 0 saturated heterocycles. The van der Waals surface area contributed by atoms with Crippen molar-refractivity contribution in [2.75, 3.05) is 7.11 Å². The summed E-state index contributed by atoms with van der Waals surface area (Å²) < 4.78 is 4.91. The fraction of sp³-hybridized carbons (Fsp3) is 0.793. The second-order valence-electron chi connectivity index (χ2n) is 9.07. The fourth-order valence-corrected chi connectivity index (χ4v) is 3.90. The van der Waals surface area contributed by atoms with Crippen LogP contribution in [0.3, 0.4) is 0 Å². The zero-order valence-corrected chi connectivity index (χ0v) is 21.5. The summed E-state index contributed by atoms with van der Waals surface area (Å²) in [6, 6.07) is 0. The highest BCUT2D eigenvalue weighted by atomic mass is 16.5. The number of carbonyl (C=O) groups excluding carboxylic acids is 2. The van der Waals surface area contributed by atoms with Gasteiger partial charge in [-0.3, -0.25) is 9.59 Å². The molecule has 0 fully saturated rings. The maximum absolute atomic E-state index is 12.6. The Morgan fingerprint density at radius 2 is 1.06 bits per heavy atom. The number of rotatable bonds is 23. The Morgan fingerprint density at radius 3 is 1.56 bits per heavy atom. The molecule has 1 atom stereocenters. The molecule has 3 nitrogen and oxygen atoms in total. The molecule has 0 saturated carbocycles. The Morgan fingerprint density at radius 1 is 0.625 bits per heavy atom. The Balaban J connectivity index is 3.86. The van der Waals surface area contributed by atoms with Gasteiger partial charge in [0.05, 0.1) is 7.11 Å². The van der Waals surface area contributed by atoms with Gasteiger partial charge in [0.1, 0.15) is 11.7 Å². The van der Waals surface area contributed by atoms with Gasteiger partial charge in [0.25, 0.3) is 0 Å². The maximum atomic E-state index is 12.6. The summed E-state index contributed by atoms with van der Waals surface area (Å²) in [7, 11) is 1.39. The highest BCUT2D eigenvalue weighted by Crippen LogP contribution is 2.18. The zero-order valence-electron chi connectivity index (χ0n) is 21.5. The number of unbranched alkanes of at least 4 members (excludes halogenated alkanes) is 13. The summed E-state index contributed by atoms with van der Waals surface area (Å²) in [4.78, 5) is 24.7. The molecule has 186 valence electrons. The van der Waals surface area contributed by atoms with Crippen molar-refractivity contribution in [3.63, 3.8) is 0 Å². The zero-order chi connectivity index (χ0) is 23.7. The highest BCUT2D eigenvalue weighted by Gasteiger charge is 2.26. The van der Waals surface area contributed by atoms with Crippen LogP contribution in [0.25, 0.3) is 0 Å². The average Bonchev–Trinajstić information content (AvgIpc) is 2.80. The van der Waals surface area contributed by atoms with Crippen LogP contribution in [0.4, 0.5) is 0 Å². The van der Waals surface area contributed by atoms with E-state index in [1.54, 1.807) is 0 Å². The number of methoxy groups -OCH3 is 1. The first kappa shape index (κ1) is 30.6. The number of ether oxygens (including phenoxy) is 1. The number of Topliss-reactive ketones (excluding diaryl/α,β-unsaturated/α-hetero) is 1. The molecule has 0 amide bonds. The number of esters is 1. The molecule has 0 aromatic heterocycles. The molecule has 3 heteroatoms. The lowest BCUT2D eigenvalue weighted by atomic mass is 9.93. The molecule has 0 spiro atoms. The summed E-state index contributed by atoms with van der Waals surface area (Å²) in [5, 5.41) is 0. The molecule has 0 aliphatic carbocycles. The number of carbonyl (C=O) groups is 2. The van der Waals surface area contributed by atoms with Crippen LogP contribution in [0.15, 0.2) is 24.3 Å². The average molecular weight is 449 g/mol. The minimum Gasteiger partial charge on any atom is -0.468 e. The first-order chi connectivity index (χ1) is 15.7. The molecule has 32 heavy (non-hydrogen) atoms. The molecule has 1 unspecified atom stereocenters. The van der Waals surface area contributed by atoms with Gasteiger partial charge in [0.15, 0.2) is 0 Å². The van der Waals surface area contributed by atoms with Crippen LogP contribution in [0.2, 0.25) is 0 Å². The first-order valence-corrected chi connectivity index (χ1v) is 13.6. The van der Waals surface area contributed by atoms with Crippen LogP contribution in [0.5, 0.6) is 0 Å². The third-order valence-corrected chi connectivity index (χ3v) is 6.06. The van der Waals surface area contributed by atoms with E-state index >= 15 is 0 Å². The number of allylic oxidation sites excluding steroid dienone is 4. The molecule has 0 radical (unpaired) electrons. The third-order valence-electron chi connectivity index (χ3n) is 6.06. The van der Waals surface area contributed by atoms with Crippen molar-refractivity contribution in [3.8, 4) is 0 Å². The Kier molecular flexibility index (Phi) is 23.2. The summed E-state index contributed by atoms with van der Waals surface area (Å²) in [6.45, 7) is 4.44. The fourth-order valence-electron chi connectivity index (χ4n) is 3.90. The number of hydrogen-bond acceptors (Lipinski definition) is 3. The predicted octanol–water partition coefficient (Wildman–Crippen LogP) is 8.91. The van der Waals surface area contributed by atoms with Crippen molar-refractivity contribution >= 4 is 11.8 Å². The van der Waals surface area contributed by atoms with E-state index in [9.17, 15) is 9.59 Å². The van der Waals surface area contributed by atoms with Crippen molar-refractivity contribution in [1.29, 1.82) is 0 Å². The van der Waals surface area contributed by atoms with E-state index in [0.29, 0.717) is 12.8 Å². The maximum Gasteiger partial charge on any atom is 0.316 e. The molecule has 0 bridgehead atoms. The van der Waals surface area contributed by atoms with Crippen LogP contribution in [-0.2, 0) is 14.3 Å². The van der Waals surface area contributed by atoms with Crippen LogP contribution < -0.4 is 0 Å². The molecule has 0 N–H and O–H groups in total. The van der Waals surface area contributed by atoms with E-state index in [2.05, 4.69) is 38.2 Å². The number of hydrogen-bond donors (Lipinski definition) is 0. The van der Waals surface area contributed by atoms with Crippen molar-refractivity contribution in [2.24, 2.45) is 5.92 Å². The Bertz CT molecular complexity index is 493. The molecule has 0 heterocycles. The van der Waals surface area contributed by atoms with E-state index < -0.39 is 5.92 Å². The Hall–Kier alpha value is -1.38. The molecular weight excluding hydrogens is 396 g/mol. The quantitative estimate of drug-likeness (QED) is 0.0678. The van der Waals surface area contributed by atoms with Crippen molar-refractivity contribution in [3.05, 3.63) is 24.3 Å². The second-order valence-corrected chi connectivity index (χ2v) is 9.07. The van der Waals surface area contributed by atoms with Gasteiger partial charge in [-0.1, -0.05) is 102 Å². The van der Waals surface area contributed by atoms with E-state index in [1.807, 2.05) is 0 Å². The van der Waals surface area contributed by atoms with Crippen molar-refractivity contribution in [2.45, 2.75) is 136 Å².